The Bertz CT molecular complexity index is 527. The van der Waals surface area contributed by atoms with Gasteiger partial charge in [0.2, 0.25) is 0 Å². The Morgan fingerprint density at radius 1 is 1.35 bits per heavy atom. The van der Waals surface area contributed by atoms with Gasteiger partial charge in [0.1, 0.15) is 0 Å². The maximum Gasteiger partial charge on any atom is 0.336 e. The van der Waals surface area contributed by atoms with E-state index in [9.17, 15) is 9.59 Å². The molecule has 1 atom stereocenters. The number of carbonyl (C=O) groups excluding carboxylic acids is 2. The van der Waals surface area contributed by atoms with Crippen molar-refractivity contribution in [2.24, 2.45) is 0 Å². The van der Waals surface area contributed by atoms with Crippen molar-refractivity contribution < 1.29 is 19.1 Å². The minimum absolute atomic E-state index is 0.0663. The number of amides is 1. The summed E-state index contributed by atoms with van der Waals surface area (Å²) in [6.07, 6.45) is -0.692. The van der Waals surface area contributed by atoms with E-state index >= 15 is 0 Å². The summed E-state index contributed by atoms with van der Waals surface area (Å²) < 4.78 is 10.00. The van der Waals surface area contributed by atoms with E-state index in [2.05, 4.69) is 4.74 Å². The van der Waals surface area contributed by atoms with Crippen LogP contribution in [0.2, 0.25) is 0 Å². The number of nitrogens with zero attached hydrogens (tertiary/aromatic N) is 1. The summed E-state index contributed by atoms with van der Waals surface area (Å²) in [7, 11) is 1.32. The third-order valence-corrected chi connectivity index (χ3v) is 3.65. The highest BCUT2D eigenvalue weighted by Gasteiger charge is 2.30. The molecule has 0 saturated carbocycles. The fourth-order valence-corrected chi connectivity index (χ4v) is 2.26. The van der Waals surface area contributed by atoms with Crippen molar-refractivity contribution in [3.63, 3.8) is 0 Å². The average Bonchev–Trinajstić information content (AvgIpc) is 2.48. The van der Waals surface area contributed by atoms with Gasteiger partial charge in [0.25, 0.3) is 5.91 Å². The molecule has 1 aromatic rings. The predicted molar refractivity (Wildman–Crippen MR) is 73.6 cm³/mol. The van der Waals surface area contributed by atoms with Crippen molar-refractivity contribution in [3.8, 4) is 0 Å². The molecule has 1 amide bonds. The third kappa shape index (κ3) is 2.82. The minimum Gasteiger partial charge on any atom is -0.467 e. The molecule has 0 aliphatic carbocycles. The molecule has 5 heteroatoms. The number of rotatable bonds is 2. The summed E-state index contributed by atoms with van der Waals surface area (Å²) in [5, 5.41) is 0. The number of hydrogen-bond acceptors (Lipinski definition) is 4. The Hall–Kier alpha value is -1.88. The molecule has 1 aliphatic rings. The number of benzene rings is 1. The molecule has 1 fully saturated rings. The van der Waals surface area contributed by atoms with Crippen molar-refractivity contribution in [3.05, 3.63) is 34.9 Å². The number of methoxy groups -OCH3 is 1. The zero-order valence-corrected chi connectivity index (χ0v) is 12.0. The van der Waals surface area contributed by atoms with Crippen molar-refractivity contribution in [2.45, 2.75) is 20.0 Å². The first kappa shape index (κ1) is 14.5. The standard InChI is InChI=1S/C15H19NO4/c1-10-5-4-6-12(11(10)2)14(17)16-7-8-20-13(9-16)15(18)19-3/h4-6,13H,7-9H2,1-3H3. The Morgan fingerprint density at radius 2 is 2.10 bits per heavy atom. The molecule has 1 unspecified atom stereocenters. The fourth-order valence-electron chi connectivity index (χ4n) is 2.26. The first-order chi connectivity index (χ1) is 9.54. The van der Waals surface area contributed by atoms with E-state index in [1.165, 1.54) is 7.11 Å². The molecule has 0 N–H and O–H groups in total. The fraction of sp³-hybridized carbons (Fsp3) is 0.467. The number of ether oxygens (including phenoxy) is 2. The summed E-state index contributed by atoms with van der Waals surface area (Å²) >= 11 is 0. The van der Waals surface area contributed by atoms with Gasteiger partial charge in [0.15, 0.2) is 6.10 Å². The van der Waals surface area contributed by atoms with Crippen LogP contribution in [0.25, 0.3) is 0 Å². The van der Waals surface area contributed by atoms with Gasteiger partial charge in [-0.3, -0.25) is 4.79 Å². The maximum absolute atomic E-state index is 12.5. The van der Waals surface area contributed by atoms with Crippen molar-refractivity contribution in [1.29, 1.82) is 0 Å². The third-order valence-electron chi connectivity index (χ3n) is 3.65. The highest BCUT2D eigenvalue weighted by molar-refractivity contribution is 5.96. The average molecular weight is 277 g/mol. The van der Waals surface area contributed by atoms with Crippen molar-refractivity contribution >= 4 is 11.9 Å². The summed E-state index contributed by atoms with van der Waals surface area (Å²) in [5.74, 6) is -0.508. The van der Waals surface area contributed by atoms with Crippen LogP contribution in [-0.2, 0) is 14.3 Å². The number of hydrogen-bond donors (Lipinski definition) is 0. The molecule has 0 spiro atoms. The molecule has 0 aromatic heterocycles. The number of carbonyl (C=O) groups is 2. The van der Waals surface area contributed by atoms with E-state index in [1.54, 1.807) is 4.90 Å². The number of esters is 1. The lowest BCUT2D eigenvalue weighted by molar-refractivity contribution is -0.158. The van der Waals surface area contributed by atoms with Gasteiger partial charge >= 0.3 is 5.97 Å². The molecule has 1 aromatic carbocycles. The van der Waals surface area contributed by atoms with Crippen molar-refractivity contribution in [1.82, 2.24) is 4.90 Å². The van der Waals surface area contributed by atoms with Gasteiger partial charge in [-0.2, -0.15) is 0 Å². The van der Waals surface area contributed by atoms with Crippen LogP contribution in [0.3, 0.4) is 0 Å². The largest absolute Gasteiger partial charge is 0.467 e. The van der Waals surface area contributed by atoms with E-state index in [4.69, 9.17) is 4.74 Å². The molecule has 108 valence electrons. The number of morpholine rings is 1. The molecule has 5 nitrogen and oxygen atoms in total. The topological polar surface area (TPSA) is 55.8 Å². The summed E-state index contributed by atoms with van der Waals surface area (Å²) in [6, 6.07) is 5.66. The monoisotopic (exact) mass is 277 g/mol. The van der Waals surface area contributed by atoms with E-state index in [1.807, 2.05) is 32.0 Å². The van der Waals surface area contributed by atoms with E-state index in [0.717, 1.165) is 11.1 Å². The lowest BCUT2D eigenvalue weighted by Gasteiger charge is -2.32. The molecule has 2 rings (SSSR count). The Balaban J connectivity index is 2.16. The molecule has 20 heavy (non-hydrogen) atoms. The molecule has 0 bridgehead atoms. The van der Waals surface area contributed by atoms with Gasteiger partial charge < -0.3 is 14.4 Å². The Labute approximate surface area is 118 Å². The normalized spacial score (nSPS) is 18.8. The SMILES string of the molecule is COC(=O)C1CN(C(=O)c2cccc(C)c2C)CCO1. The van der Waals surface area contributed by atoms with Gasteiger partial charge in [-0.25, -0.2) is 4.79 Å². The molecular weight excluding hydrogens is 258 g/mol. The van der Waals surface area contributed by atoms with E-state index in [-0.39, 0.29) is 12.5 Å². The second-order valence-electron chi connectivity index (χ2n) is 4.88. The first-order valence-corrected chi connectivity index (χ1v) is 6.59. The Kier molecular flexibility index (Phi) is 4.39. The smallest absolute Gasteiger partial charge is 0.336 e. The Morgan fingerprint density at radius 3 is 2.80 bits per heavy atom. The van der Waals surface area contributed by atoms with Crippen LogP contribution < -0.4 is 0 Å². The zero-order valence-electron chi connectivity index (χ0n) is 12.0. The zero-order chi connectivity index (χ0) is 14.7. The molecule has 0 radical (unpaired) electrons. The minimum atomic E-state index is -0.692. The van der Waals surface area contributed by atoms with Crippen LogP contribution >= 0.6 is 0 Å². The van der Waals surface area contributed by atoms with Crippen LogP contribution in [0.15, 0.2) is 18.2 Å². The van der Waals surface area contributed by atoms with Crippen LogP contribution in [0.1, 0.15) is 21.5 Å². The molecular formula is C15H19NO4. The number of aryl methyl sites for hydroxylation is 1. The van der Waals surface area contributed by atoms with Crippen LogP contribution in [0, 0.1) is 13.8 Å². The van der Waals surface area contributed by atoms with E-state index < -0.39 is 12.1 Å². The highest BCUT2D eigenvalue weighted by Crippen LogP contribution is 2.17. The van der Waals surface area contributed by atoms with Gasteiger partial charge in [-0.15, -0.1) is 0 Å². The molecule has 1 saturated heterocycles. The van der Waals surface area contributed by atoms with Crippen molar-refractivity contribution in [2.75, 3.05) is 26.8 Å². The second kappa shape index (κ2) is 6.05. The van der Waals surface area contributed by atoms with Gasteiger partial charge in [0, 0.05) is 12.1 Å². The van der Waals surface area contributed by atoms with Gasteiger partial charge in [-0.05, 0) is 31.0 Å². The second-order valence-corrected chi connectivity index (χ2v) is 4.88. The van der Waals surface area contributed by atoms with Crippen LogP contribution in [-0.4, -0.2) is 49.7 Å². The summed E-state index contributed by atoms with van der Waals surface area (Å²) in [5.41, 5.74) is 2.72. The maximum atomic E-state index is 12.5. The predicted octanol–water partition coefficient (Wildman–Crippen LogP) is 1.32. The lowest BCUT2D eigenvalue weighted by Crippen LogP contribution is -2.49. The highest BCUT2D eigenvalue weighted by atomic mass is 16.6. The van der Waals surface area contributed by atoms with E-state index in [0.29, 0.717) is 18.7 Å². The molecule has 1 heterocycles. The van der Waals surface area contributed by atoms with Gasteiger partial charge in [-0.1, -0.05) is 12.1 Å². The first-order valence-electron chi connectivity index (χ1n) is 6.59. The summed E-state index contributed by atoms with van der Waals surface area (Å²) in [4.78, 5) is 25.7. The lowest BCUT2D eigenvalue weighted by atomic mass is 10.0. The molecule has 1 aliphatic heterocycles. The van der Waals surface area contributed by atoms with Crippen LogP contribution in [0.4, 0.5) is 0 Å². The van der Waals surface area contributed by atoms with Gasteiger partial charge in [0.05, 0.1) is 20.3 Å². The van der Waals surface area contributed by atoms with Crippen LogP contribution in [0.5, 0.6) is 0 Å². The quantitative estimate of drug-likeness (QED) is 0.765. The summed E-state index contributed by atoms with van der Waals surface area (Å²) in [6.45, 7) is 4.97.